The largest absolute Gasteiger partial charge is 0.484 e. The Hall–Kier alpha value is -2.51. The second kappa shape index (κ2) is 9.53. The number of ether oxygens (including phenoxy) is 1. The molecule has 2 N–H and O–H groups in total. The molecule has 2 atom stereocenters. The summed E-state index contributed by atoms with van der Waals surface area (Å²) in [6, 6.07) is 8.26. The third kappa shape index (κ3) is 5.15. The first-order valence-electron chi connectivity index (χ1n) is 10.2. The number of hydrogen-bond acceptors (Lipinski definition) is 4. The lowest BCUT2D eigenvalue weighted by Crippen LogP contribution is -2.50. The molecule has 0 aliphatic carbocycles. The highest BCUT2D eigenvalue weighted by Gasteiger charge is 2.24. The topological polar surface area (TPSA) is 53.6 Å². The molecule has 0 bridgehead atoms. The number of hydrogen-bond donors (Lipinski definition) is 2. The number of nitrogens with zero attached hydrogens (tertiary/aromatic N) is 1. The van der Waals surface area contributed by atoms with Gasteiger partial charge in [0.05, 0.1) is 5.56 Å². The Balaban J connectivity index is 1.90. The van der Waals surface area contributed by atoms with Gasteiger partial charge in [-0.05, 0) is 49.6 Å². The van der Waals surface area contributed by atoms with Crippen molar-refractivity contribution in [2.45, 2.75) is 32.9 Å². The lowest BCUT2D eigenvalue weighted by atomic mass is 10.0. The highest BCUT2D eigenvalue weighted by Crippen LogP contribution is 2.28. The molecule has 0 aromatic heterocycles. The highest BCUT2D eigenvalue weighted by molar-refractivity contribution is 5.95. The van der Waals surface area contributed by atoms with E-state index in [0.29, 0.717) is 35.0 Å². The van der Waals surface area contributed by atoms with Crippen molar-refractivity contribution in [3.05, 3.63) is 64.2 Å². The third-order valence-electron chi connectivity index (χ3n) is 5.44. The Labute approximate surface area is 176 Å². The van der Waals surface area contributed by atoms with Crippen molar-refractivity contribution in [1.82, 2.24) is 15.5 Å². The zero-order valence-electron chi connectivity index (χ0n) is 17.9. The zero-order chi connectivity index (χ0) is 21.8. The first-order chi connectivity index (χ1) is 14.3. The summed E-state index contributed by atoms with van der Waals surface area (Å²) in [5, 5.41) is 5.84. The molecule has 1 unspecified atom stereocenters. The minimum atomic E-state index is -0.644. The van der Waals surface area contributed by atoms with Gasteiger partial charge in [-0.1, -0.05) is 12.1 Å². The molecule has 1 aliphatic heterocycles. The van der Waals surface area contributed by atoms with E-state index < -0.39 is 17.8 Å². The lowest BCUT2D eigenvalue weighted by molar-refractivity contribution is 0.0957. The molecule has 7 heteroatoms. The second-order valence-corrected chi connectivity index (χ2v) is 7.91. The number of nitrogens with one attached hydrogen (secondary N) is 2. The summed E-state index contributed by atoms with van der Waals surface area (Å²) in [7, 11) is 1.46. The van der Waals surface area contributed by atoms with Gasteiger partial charge < -0.3 is 15.4 Å². The van der Waals surface area contributed by atoms with E-state index in [-0.39, 0.29) is 11.4 Å². The van der Waals surface area contributed by atoms with Gasteiger partial charge in [-0.15, -0.1) is 0 Å². The predicted molar refractivity (Wildman–Crippen MR) is 113 cm³/mol. The summed E-state index contributed by atoms with van der Waals surface area (Å²) < 4.78 is 35.0. The normalized spacial score (nSPS) is 18.1. The summed E-state index contributed by atoms with van der Waals surface area (Å²) in [6.45, 7) is 8.60. The summed E-state index contributed by atoms with van der Waals surface area (Å²) in [5.74, 6) is -1.11. The van der Waals surface area contributed by atoms with Crippen LogP contribution in [0.1, 0.15) is 40.1 Å². The van der Waals surface area contributed by atoms with E-state index in [1.165, 1.54) is 19.2 Å². The SMILES string of the molecule is CNC(=O)c1c(C)cc(OC(CN2CCN[C@H](C)C2)c2ccc(C)c(F)c2)cc1F. The lowest BCUT2D eigenvalue weighted by Gasteiger charge is -2.34. The zero-order valence-corrected chi connectivity index (χ0v) is 17.9. The van der Waals surface area contributed by atoms with E-state index in [1.54, 1.807) is 26.0 Å². The van der Waals surface area contributed by atoms with Crippen LogP contribution in [0.2, 0.25) is 0 Å². The van der Waals surface area contributed by atoms with E-state index >= 15 is 0 Å². The molecule has 1 amide bonds. The molecule has 5 nitrogen and oxygen atoms in total. The van der Waals surface area contributed by atoms with E-state index in [4.69, 9.17) is 4.74 Å². The Bertz CT molecular complexity index is 896. The summed E-state index contributed by atoms with van der Waals surface area (Å²) in [4.78, 5) is 14.2. The molecule has 2 aromatic rings. The number of benzene rings is 2. The van der Waals surface area contributed by atoms with Gasteiger partial charge in [0.15, 0.2) is 0 Å². The first kappa shape index (κ1) is 22.2. The van der Waals surface area contributed by atoms with E-state index in [0.717, 1.165) is 19.6 Å². The van der Waals surface area contributed by atoms with Crippen LogP contribution < -0.4 is 15.4 Å². The van der Waals surface area contributed by atoms with E-state index in [1.807, 2.05) is 6.07 Å². The molecule has 1 aliphatic rings. The van der Waals surface area contributed by atoms with Gasteiger partial charge in [0.25, 0.3) is 5.91 Å². The quantitative estimate of drug-likeness (QED) is 0.757. The standard InChI is InChI=1S/C23H29F2N3O2/c1-14-5-6-17(10-19(14)24)21(13-28-8-7-27-16(3)12-28)30-18-9-15(2)22(20(25)11-18)23(29)26-4/h5-6,9-11,16,21,27H,7-8,12-13H2,1-4H3,(H,26,29)/t16-,21?/m1/s1. The van der Waals surface area contributed by atoms with Crippen molar-refractivity contribution >= 4 is 5.91 Å². The number of carbonyl (C=O) groups is 1. The number of rotatable bonds is 6. The van der Waals surface area contributed by atoms with Gasteiger partial charge in [-0.3, -0.25) is 9.69 Å². The van der Waals surface area contributed by atoms with Gasteiger partial charge in [-0.2, -0.15) is 0 Å². The van der Waals surface area contributed by atoms with Gasteiger partial charge >= 0.3 is 0 Å². The summed E-state index contributed by atoms with van der Waals surface area (Å²) in [5.41, 5.74) is 1.73. The molecule has 1 fully saturated rings. The summed E-state index contributed by atoms with van der Waals surface area (Å²) in [6.07, 6.45) is -0.477. The monoisotopic (exact) mass is 417 g/mol. The average molecular weight is 418 g/mol. The van der Waals surface area contributed by atoms with E-state index in [9.17, 15) is 13.6 Å². The van der Waals surface area contributed by atoms with Gasteiger partial charge in [-0.25, -0.2) is 8.78 Å². The van der Waals surface area contributed by atoms with Crippen molar-refractivity contribution in [2.24, 2.45) is 0 Å². The maximum Gasteiger partial charge on any atom is 0.254 e. The number of piperazine rings is 1. The molecule has 0 saturated carbocycles. The molecule has 1 heterocycles. The maximum atomic E-state index is 14.6. The van der Waals surface area contributed by atoms with Crippen LogP contribution in [0.3, 0.4) is 0 Å². The second-order valence-electron chi connectivity index (χ2n) is 7.91. The fraction of sp³-hybridized carbons (Fsp3) is 0.435. The van der Waals surface area contributed by atoms with Crippen molar-refractivity contribution in [3.8, 4) is 5.75 Å². The van der Waals surface area contributed by atoms with Gasteiger partial charge in [0.2, 0.25) is 0 Å². The van der Waals surface area contributed by atoms with Gasteiger partial charge in [0, 0.05) is 45.3 Å². The van der Waals surface area contributed by atoms with Crippen LogP contribution in [0, 0.1) is 25.5 Å². The molecule has 3 rings (SSSR count). The van der Waals surface area contributed by atoms with Crippen LogP contribution in [-0.2, 0) is 0 Å². The first-order valence-corrected chi connectivity index (χ1v) is 10.2. The molecular formula is C23H29F2N3O2. The van der Waals surface area contributed by atoms with Gasteiger partial charge in [0.1, 0.15) is 23.5 Å². The van der Waals surface area contributed by atoms with Crippen LogP contribution in [0.15, 0.2) is 30.3 Å². The Morgan fingerprint density at radius 3 is 2.63 bits per heavy atom. The predicted octanol–water partition coefficient (Wildman–Crippen LogP) is 3.36. The number of aryl methyl sites for hydroxylation is 2. The van der Waals surface area contributed by atoms with Crippen LogP contribution in [0.5, 0.6) is 5.75 Å². The minimum Gasteiger partial charge on any atom is -0.484 e. The smallest absolute Gasteiger partial charge is 0.254 e. The molecule has 0 spiro atoms. The van der Waals surface area contributed by atoms with Crippen LogP contribution in [0.4, 0.5) is 8.78 Å². The molecule has 1 saturated heterocycles. The Kier molecular flexibility index (Phi) is 7.05. The number of halogens is 2. The average Bonchev–Trinajstić information content (AvgIpc) is 2.69. The van der Waals surface area contributed by atoms with Crippen LogP contribution in [-0.4, -0.2) is 50.1 Å². The van der Waals surface area contributed by atoms with Crippen molar-refractivity contribution in [3.63, 3.8) is 0 Å². The van der Waals surface area contributed by atoms with Crippen LogP contribution in [0.25, 0.3) is 0 Å². The van der Waals surface area contributed by atoms with Crippen LogP contribution >= 0.6 is 0 Å². The van der Waals surface area contributed by atoms with Crippen molar-refractivity contribution < 1.29 is 18.3 Å². The maximum absolute atomic E-state index is 14.6. The highest BCUT2D eigenvalue weighted by atomic mass is 19.1. The Morgan fingerprint density at radius 1 is 1.23 bits per heavy atom. The molecule has 162 valence electrons. The molecular weight excluding hydrogens is 388 g/mol. The summed E-state index contributed by atoms with van der Waals surface area (Å²) >= 11 is 0. The van der Waals surface area contributed by atoms with Crippen molar-refractivity contribution in [2.75, 3.05) is 33.2 Å². The fourth-order valence-corrected chi connectivity index (χ4v) is 3.79. The third-order valence-corrected chi connectivity index (χ3v) is 5.44. The minimum absolute atomic E-state index is 0.00119. The fourth-order valence-electron chi connectivity index (χ4n) is 3.79. The van der Waals surface area contributed by atoms with E-state index in [2.05, 4.69) is 22.5 Å². The number of carbonyl (C=O) groups excluding carboxylic acids is 1. The number of amides is 1. The molecule has 30 heavy (non-hydrogen) atoms. The van der Waals surface area contributed by atoms with Crippen molar-refractivity contribution in [1.29, 1.82) is 0 Å². The molecule has 2 aromatic carbocycles. The molecule has 0 radical (unpaired) electrons. The Morgan fingerprint density at radius 2 is 2.00 bits per heavy atom.